The van der Waals surface area contributed by atoms with Crippen molar-refractivity contribution >= 4 is 17.6 Å². The average molecular weight is 256 g/mol. The quantitative estimate of drug-likeness (QED) is 0.778. The highest BCUT2D eigenvalue weighted by atomic mass is 35.5. The van der Waals surface area contributed by atoms with Gasteiger partial charge in [-0.1, -0.05) is 17.7 Å². The van der Waals surface area contributed by atoms with Gasteiger partial charge in [0, 0.05) is 11.4 Å². The van der Waals surface area contributed by atoms with Gasteiger partial charge >= 0.3 is 5.97 Å². The number of ether oxygens (including phenoxy) is 1. The molecule has 0 fully saturated rings. The molecule has 5 heteroatoms. The van der Waals surface area contributed by atoms with E-state index >= 15 is 0 Å². The smallest absolute Gasteiger partial charge is 0.323 e. The van der Waals surface area contributed by atoms with Crippen LogP contribution in [0.4, 0.5) is 4.39 Å². The lowest BCUT2D eigenvalue weighted by molar-refractivity contribution is -0.145. The van der Waals surface area contributed by atoms with Crippen molar-refractivity contribution in [2.45, 2.75) is 13.3 Å². The second kappa shape index (κ2) is 6.21. The standard InChI is InChI=1S/C12H11ClFNO2/c1-2-17-12(16)9(7-15)5-8-3-4-10(13)6-11(8)14/h3-4,6,9H,2,5H2,1H3. The summed E-state index contributed by atoms with van der Waals surface area (Å²) in [6, 6.07) is 5.93. The molecule has 0 aliphatic heterocycles. The van der Waals surface area contributed by atoms with E-state index in [1.165, 1.54) is 12.1 Å². The Morgan fingerprint density at radius 3 is 2.88 bits per heavy atom. The number of hydrogen-bond donors (Lipinski definition) is 0. The zero-order chi connectivity index (χ0) is 12.8. The third-order valence-corrected chi connectivity index (χ3v) is 2.40. The van der Waals surface area contributed by atoms with Gasteiger partial charge in [-0.25, -0.2) is 4.39 Å². The Labute approximate surface area is 104 Å². The number of benzene rings is 1. The van der Waals surface area contributed by atoms with Gasteiger partial charge in [0.1, 0.15) is 11.7 Å². The summed E-state index contributed by atoms with van der Waals surface area (Å²) in [4.78, 5) is 11.4. The first kappa shape index (κ1) is 13.5. The monoisotopic (exact) mass is 255 g/mol. The van der Waals surface area contributed by atoms with Gasteiger partial charge in [0.25, 0.3) is 0 Å². The molecular weight excluding hydrogens is 245 g/mol. The molecule has 0 spiro atoms. The predicted octanol–water partition coefficient (Wildman–Crippen LogP) is 2.72. The summed E-state index contributed by atoms with van der Waals surface area (Å²) in [7, 11) is 0. The molecule has 1 aromatic carbocycles. The van der Waals surface area contributed by atoms with Crippen LogP contribution in [0.1, 0.15) is 12.5 Å². The van der Waals surface area contributed by atoms with Gasteiger partial charge in [0.2, 0.25) is 0 Å². The zero-order valence-corrected chi connectivity index (χ0v) is 10.00. The fraction of sp³-hybridized carbons (Fsp3) is 0.333. The van der Waals surface area contributed by atoms with Crippen molar-refractivity contribution in [1.29, 1.82) is 5.26 Å². The average Bonchev–Trinajstić information content (AvgIpc) is 2.28. The van der Waals surface area contributed by atoms with Crippen LogP contribution in [0.5, 0.6) is 0 Å². The molecule has 0 heterocycles. The second-order valence-corrected chi connectivity index (χ2v) is 3.81. The highest BCUT2D eigenvalue weighted by molar-refractivity contribution is 6.30. The summed E-state index contributed by atoms with van der Waals surface area (Å²) in [6.07, 6.45) is -0.0155. The summed E-state index contributed by atoms with van der Waals surface area (Å²) >= 11 is 5.60. The van der Waals surface area contributed by atoms with E-state index in [1.54, 1.807) is 13.0 Å². The molecule has 1 rings (SSSR count). The van der Waals surface area contributed by atoms with Crippen LogP contribution in [0.15, 0.2) is 18.2 Å². The molecule has 0 aromatic heterocycles. The van der Waals surface area contributed by atoms with Crippen molar-refractivity contribution in [3.63, 3.8) is 0 Å². The number of hydrogen-bond acceptors (Lipinski definition) is 3. The second-order valence-electron chi connectivity index (χ2n) is 3.37. The maximum absolute atomic E-state index is 13.5. The van der Waals surface area contributed by atoms with Crippen LogP contribution >= 0.6 is 11.6 Å². The van der Waals surface area contributed by atoms with Gasteiger partial charge in [-0.3, -0.25) is 4.79 Å². The fourth-order valence-electron chi connectivity index (χ4n) is 1.33. The summed E-state index contributed by atoms with van der Waals surface area (Å²) < 4.78 is 18.2. The number of halogens is 2. The van der Waals surface area contributed by atoms with E-state index in [0.717, 1.165) is 6.07 Å². The van der Waals surface area contributed by atoms with Gasteiger partial charge in [0.05, 0.1) is 12.7 Å². The van der Waals surface area contributed by atoms with Gasteiger partial charge in [-0.05, 0) is 24.6 Å². The van der Waals surface area contributed by atoms with Crippen LogP contribution in [0, 0.1) is 23.1 Å². The Kier molecular flexibility index (Phi) is 4.92. The van der Waals surface area contributed by atoms with Gasteiger partial charge in [-0.15, -0.1) is 0 Å². The Morgan fingerprint density at radius 1 is 1.65 bits per heavy atom. The van der Waals surface area contributed by atoms with Gasteiger partial charge < -0.3 is 4.74 Å². The Morgan fingerprint density at radius 2 is 2.35 bits per heavy atom. The fourth-order valence-corrected chi connectivity index (χ4v) is 1.49. The van der Waals surface area contributed by atoms with Crippen LogP contribution in [0.25, 0.3) is 0 Å². The Hall–Kier alpha value is -1.60. The van der Waals surface area contributed by atoms with Crippen molar-refractivity contribution < 1.29 is 13.9 Å². The number of carbonyl (C=O) groups is 1. The maximum atomic E-state index is 13.5. The van der Waals surface area contributed by atoms with Crippen molar-refractivity contribution in [2.75, 3.05) is 6.61 Å². The van der Waals surface area contributed by atoms with E-state index < -0.39 is 17.7 Å². The molecule has 1 atom stereocenters. The minimum atomic E-state index is -0.995. The summed E-state index contributed by atoms with van der Waals surface area (Å²) in [6.45, 7) is 1.84. The van der Waals surface area contributed by atoms with E-state index in [1.807, 2.05) is 0 Å². The number of rotatable bonds is 4. The van der Waals surface area contributed by atoms with Crippen LogP contribution in [0.2, 0.25) is 5.02 Å². The third kappa shape index (κ3) is 3.72. The van der Waals surface area contributed by atoms with Crippen LogP contribution < -0.4 is 0 Å². The van der Waals surface area contributed by atoms with Crippen LogP contribution in [-0.4, -0.2) is 12.6 Å². The van der Waals surface area contributed by atoms with Crippen LogP contribution in [-0.2, 0) is 16.0 Å². The lowest BCUT2D eigenvalue weighted by atomic mass is 10.0. The molecular formula is C12H11ClFNO2. The predicted molar refractivity (Wildman–Crippen MR) is 60.9 cm³/mol. The van der Waals surface area contributed by atoms with Crippen molar-refractivity contribution in [1.82, 2.24) is 0 Å². The van der Waals surface area contributed by atoms with Gasteiger partial charge in [-0.2, -0.15) is 5.26 Å². The number of nitrogens with zero attached hydrogens (tertiary/aromatic N) is 1. The number of esters is 1. The number of carbonyl (C=O) groups excluding carboxylic acids is 1. The normalized spacial score (nSPS) is 11.6. The van der Waals surface area contributed by atoms with E-state index in [2.05, 4.69) is 0 Å². The third-order valence-electron chi connectivity index (χ3n) is 2.17. The molecule has 0 radical (unpaired) electrons. The molecule has 0 saturated heterocycles. The lowest BCUT2D eigenvalue weighted by Crippen LogP contribution is -2.19. The highest BCUT2D eigenvalue weighted by Crippen LogP contribution is 2.18. The largest absolute Gasteiger partial charge is 0.465 e. The molecule has 0 N–H and O–H groups in total. The molecule has 3 nitrogen and oxygen atoms in total. The lowest BCUT2D eigenvalue weighted by Gasteiger charge is -2.09. The molecule has 0 saturated carbocycles. The first-order valence-corrected chi connectivity index (χ1v) is 5.46. The van der Waals surface area contributed by atoms with E-state index in [4.69, 9.17) is 21.6 Å². The number of nitriles is 1. The molecule has 17 heavy (non-hydrogen) atoms. The maximum Gasteiger partial charge on any atom is 0.323 e. The molecule has 0 bridgehead atoms. The van der Waals surface area contributed by atoms with E-state index in [0.29, 0.717) is 0 Å². The molecule has 0 aliphatic rings. The SMILES string of the molecule is CCOC(=O)C(C#N)Cc1ccc(Cl)cc1F. The topological polar surface area (TPSA) is 50.1 Å². The molecule has 1 unspecified atom stereocenters. The molecule has 0 amide bonds. The van der Waals surface area contributed by atoms with Crippen molar-refractivity contribution in [3.05, 3.63) is 34.6 Å². The molecule has 90 valence electrons. The summed E-state index contributed by atoms with van der Waals surface area (Å²) in [5.74, 6) is -2.16. The van der Waals surface area contributed by atoms with E-state index in [-0.39, 0.29) is 23.6 Å². The van der Waals surface area contributed by atoms with Crippen molar-refractivity contribution in [3.8, 4) is 6.07 Å². The summed E-state index contributed by atoms with van der Waals surface area (Å²) in [5, 5.41) is 9.10. The minimum Gasteiger partial charge on any atom is -0.465 e. The molecule has 0 aliphatic carbocycles. The molecule has 1 aromatic rings. The summed E-state index contributed by atoms with van der Waals surface area (Å²) in [5.41, 5.74) is 0.272. The van der Waals surface area contributed by atoms with Gasteiger partial charge in [0.15, 0.2) is 0 Å². The highest BCUT2D eigenvalue weighted by Gasteiger charge is 2.21. The van der Waals surface area contributed by atoms with Crippen molar-refractivity contribution in [2.24, 2.45) is 5.92 Å². The van der Waals surface area contributed by atoms with Crippen LogP contribution in [0.3, 0.4) is 0 Å². The van der Waals surface area contributed by atoms with E-state index in [9.17, 15) is 9.18 Å². The Bertz CT molecular complexity index is 456. The first-order chi connectivity index (χ1) is 8.08. The Balaban J connectivity index is 2.81. The zero-order valence-electron chi connectivity index (χ0n) is 9.24. The first-order valence-electron chi connectivity index (χ1n) is 5.08. The minimum absolute atomic E-state index is 0.0155.